The van der Waals surface area contributed by atoms with Gasteiger partial charge in [0.05, 0.1) is 7.11 Å². The number of hydrogen-bond acceptors (Lipinski definition) is 4. The lowest BCUT2D eigenvalue weighted by Gasteiger charge is -2.46. The minimum Gasteiger partial charge on any atom is -0.497 e. The fourth-order valence-electron chi connectivity index (χ4n) is 4.72. The second kappa shape index (κ2) is 7.59. The van der Waals surface area contributed by atoms with Gasteiger partial charge in [0.25, 0.3) is 15.8 Å². The Hall–Kier alpha value is -2.16. The van der Waals surface area contributed by atoms with Crippen molar-refractivity contribution in [1.82, 2.24) is 13.2 Å². The first-order chi connectivity index (χ1) is 13.8. The van der Waals surface area contributed by atoms with Crippen LogP contribution in [-0.2, 0) is 16.6 Å². The van der Waals surface area contributed by atoms with Crippen LogP contribution in [0.3, 0.4) is 0 Å². The minimum absolute atomic E-state index is 0.0194. The van der Waals surface area contributed by atoms with Crippen LogP contribution < -0.4 is 10.3 Å². The van der Waals surface area contributed by atoms with Gasteiger partial charge in [0.1, 0.15) is 5.75 Å². The lowest BCUT2D eigenvalue weighted by molar-refractivity contribution is 0.138. The molecular formula is C21H27N3O4S. The average molecular weight is 418 g/mol. The lowest BCUT2D eigenvalue weighted by Crippen LogP contribution is -2.53. The fourth-order valence-corrected chi connectivity index (χ4v) is 5.93. The van der Waals surface area contributed by atoms with Gasteiger partial charge in [-0.3, -0.25) is 4.79 Å². The third kappa shape index (κ3) is 3.60. The molecule has 3 atom stereocenters. The van der Waals surface area contributed by atoms with Gasteiger partial charge in [-0.1, -0.05) is 18.2 Å². The van der Waals surface area contributed by atoms with Crippen molar-refractivity contribution in [2.75, 3.05) is 34.3 Å². The quantitative estimate of drug-likeness (QED) is 0.745. The van der Waals surface area contributed by atoms with Crippen LogP contribution in [0, 0.1) is 5.92 Å². The third-order valence-electron chi connectivity index (χ3n) is 6.13. The van der Waals surface area contributed by atoms with Crippen molar-refractivity contribution in [2.24, 2.45) is 5.92 Å². The molecule has 1 aromatic carbocycles. The second-order valence-electron chi connectivity index (χ2n) is 8.08. The SMILES string of the molecule is COc1cccc(C[C@H]2[C@H]3C[C@H](CN(S(=O)(=O)N(C)C)C3)c3cccc(=O)n32)c1. The van der Waals surface area contributed by atoms with Gasteiger partial charge in [-0.15, -0.1) is 0 Å². The molecule has 1 aromatic heterocycles. The van der Waals surface area contributed by atoms with Crippen molar-refractivity contribution in [1.29, 1.82) is 0 Å². The molecule has 4 rings (SSSR count). The van der Waals surface area contributed by atoms with Gasteiger partial charge in [0.15, 0.2) is 0 Å². The number of nitrogens with zero attached hydrogens (tertiary/aromatic N) is 3. The molecule has 3 heterocycles. The Balaban J connectivity index is 1.76. The maximum atomic E-state index is 12.8. The van der Waals surface area contributed by atoms with Crippen LogP contribution in [0.4, 0.5) is 0 Å². The molecule has 0 amide bonds. The first-order valence-electron chi connectivity index (χ1n) is 9.83. The molecule has 156 valence electrons. The summed E-state index contributed by atoms with van der Waals surface area (Å²) in [6.07, 6.45) is 1.54. The largest absolute Gasteiger partial charge is 0.497 e. The Morgan fingerprint density at radius 1 is 1.14 bits per heavy atom. The molecule has 0 spiro atoms. The number of methoxy groups -OCH3 is 1. The Labute approximate surface area is 171 Å². The van der Waals surface area contributed by atoms with E-state index in [0.29, 0.717) is 19.5 Å². The normalized spacial score (nSPS) is 24.3. The van der Waals surface area contributed by atoms with Crippen LogP contribution >= 0.6 is 0 Å². The van der Waals surface area contributed by atoms with Crippen molar-refractivity contribution in [3.63, 3.8) is 0 Å². The molecule has 0 radical (unpaired) electrons. The molecule has 0 saturated carbocycles. The number of benzene rings is 1. The molecule has 29 heavy (non-hydrogen) atoms. The van der Waals surface area contributed by atoms with Crippen LogP contribution in [-0.4, -0.2) is 55.9 Å². The zero-order chi connectivity index (χ0) is 20.8. The predicted molar refractivity (Wildman–Crippen MR) is 111 cm³/mol. The number of rotatable bonds is 5. The van der Waals surface area contributed by atoms with Crippen LogP contribution in [0.15, 0.2) is 47.3 Å². The molecule has 0 aliphatic carbocycles. The van der Waals surface area contributed by atoms with Gasteiger partial charge in [0, 0.05) is 50.9 Å². The van der Waals surface area contributed by atoms with E-state index < -0.39 is 10.2 Å². The number of fused-ring (bicyclic) bond motifs is 4. The van der Waals surface area contributed by atoms with Crippen molar-refractivity contribution in [3.05, 3.63) is 64.1 Å². The van der Waals surface area contributed by atoms with E-state index in [1.807, 2.05) is 34.9 Å². The zero-order valence-electron chi connectivity index (χ0n) is 17.0. The van der Waals surface area contributed by atoms with Crippen LogP contribution in [0.2, 0.25) is 0 Å². The van der Waals surface area contributed by atoms with E-state index in [0.717, 1.165) is 23.4 Å². The van der Waals surface area contributed by atoms with E-state index in [1.54, 1.807) is 37.6 Å². The smallest absolute Gasteiger partial charge is 0.281 e. The summed E-state index contributed by atoms with van der Waals surface area (Å²) in [5.74, 6) is 0.874. The summed E-state index contributed by atoms with van der Waals surface area (Å²) in [7, 11) is 1.25. The highest BCUT2D eigenvalue weighted by atomic mass is 32.2. The molecule has 2 bridgehead atoms. The lowest BCUT2D eigenvalue weighted by atomic mass is 9.77. The summed E-state index contributed by atoms with van der Waals surface area (Å²) in [5, 5.41) is 0. The van der Waals surface area contributed by atoms with E-state index in [1.165, 1.54) is 4.31 Å². The van der Waals surface area contributed by atoms with Crippen LogP contribution in [0.5, 0.6) is 5.75 Å². The maximum absolute atomic E-state index is 12.8. The van der Waals surface area contributed by atoms with Gasteiger partial charge in [0.2, 0.25) is 0 Å². The first-order valence-corrected chi connectivity index (χ1v) is 11.2. The predicted octanol–water partition coefficient (Wildman–Crippen LogP) is 1.87. The van der Waals surface area contributed by atoms with E-state index in [2.05, 4.69) is 0 Å². The summed E-state index contributed by atoms with van der Waals surface area (Å²) >= 11 is 0. The van der Waals surface area contributed by atoms with Crippen molar-refractivity contribution >= 4 is 10.2 Å². The van der Waals surface area contributed by atoms with Crippen LogP contribution in [0.25, 0.3) is 0 Å². The molecule has 0 unspecified atom stereocenters. The summed E-state index contributed by atoms with van der Waals surface area (Å²) in [6.45, 7) is 0.832. The Morgan fingerprint density at radius 2 is 1.90 bits per heavy atom. The molecule has 7 nitrogen and oxygen atoms in total. The molecule has 1 saturated heterocycles. The van der Waals surface area contributed by atoms with Crippen molar-refractivity contribution in [3.8, 4) is 5.75 Å². The van der Waals surface area contributed by atoms with Gasteiger partial charge >= 0.3 is 0 Å². The number of pyridine rings is 1. The van der Waals surface area contributed by atoms with E-state index >= 15 is 0 Å². The Kier molecular flexibility index (Phi) is 5.27. The summed E-state index contributed by atoms with van der Waals surface area (Å²) in [5.41, 5.74) is 1.98. The zero-order valence-corrected chi connectivity index (χ0v) is 17.8. The van der Waals surface area contributed by atoms with Crippen molar-refractivity contribution < 1.29 is 13.2 Å². The van der Waals surface area contributed by atoms with Gasteiger partial charge in [-0.2, -0.15) is 17.0 Å². The Bertz CT molecular complexity index is 1060. The summed E-state index contributed by atoms with van der Waals surface area (Å²) in [6, 6.07) is 13.1. The number of hydrogen-bond donors (Lipinski definition) is 0. The summed E-state index contributed by atoms with van der Waals surface area (Å²) in [4.78, 5) is 12.8. The monoisotopic (exact) mass is 417 g/mol. The third-order valence-corrected chi connectivity index (χ3v) is 8.01. The fraction of sp³-hybridized carbons (Fsp3) is 0.476. The van der Waals surface area contributed by atoms with E-state index in [9.17, 15) is 13.2 Å². The highest BCUT2D eigenvalue weighted by molar-refractivity contribution is 7.86. The standard InChI is InChI=1S/C21H27N3O4S/c1-22(2)29(26,27)23-13-16-12-17(14-23)20(24-19(16)8-5-9-21(24)25)11-15-6-4-7-18(10-15)28-3/h4-10,16-17,20H,11-14H2,1-3H3/t16-,17+,20+/m1/s1. The maximum Gasteiger partial charge on any atom is 0.281 e. The van der Waals surface area contributed by atoms with Crippen LogP contribution in [0.1, 0.15) is 29.6 Å². The summed E-state index contributed by atoms with van der Waals surface area (Å²) < 4.78 is 35.7. The number of aromatic nitrogens is 1. The molecule has 2 aromatic rings. The highest BCUT2D eigenvalue weighted by Gasteiger charge is 2.44. The molecule has 2 aliphatic heterocycles. The average Bonchev–Trinajstić information content (AvgIpc) is 2.71. The van der Waals surface area contributed by atoms with E-state index in [-0.39, 0.29) is 23.4 Å². The van der Waals surface area contributed by atoms with E-state index in [4.69, 9.17) is 4.74 Å². The molecule has 0 N–H and O–H groups in total. The molecular weight excluding hydrogens is 390 g/mol. The highest BCUT2D eigenvalue weighted by Crippen LogP contribution is 2.43. The molecule has 8 heteroatoms. The van der Waals surface area contributed by atoms with Gasteiger partial charge in [-0.05, 0) is 42.5 Å². The molecule has 2 aliphatic rings. The number of piperidine rings is 1. The second-order valence-corrected chi connectivity index (χ2v) is 10.2. The minimum atomic E-state index is -3.50. The first kappa shape index (κ1) is 20.1. The Morgan fingerprint density at radius 3 is 2.62 bits per heavy atom. The topological polar surface area (TPSA) is 71.8 Å². The van der Waals surface area contributed by atoms with Crippen molar-refractivity contribution in [2.45, 2.75) is 24.8 Å². The van der Waals surface area contributed by atoms with Gasteiger partial charge < -0.3 is 9.30 Å². The van der Waals surface area contributed by atoms with Gasteiger partial charge in [-0.25, -0.2) is 0 Å². The number of ether oxygens (including phenoxy) is 1. The molecule has 1 fully saturated rings.